The van der Waals surface area contributed by atoms with Gasteiger partial charge >= 0.3 is 0 Å². The molecule has 2 aromatic carbocycles. The predicted octanol–water partition coefficient (Wildman–Crippen LogP) is 4.62. The molecular weight excluding hydrogens is 270 g/mol. The Labute approximate surface area is 132 Å². The van der Waals surface area contributed by atoms with Gasteiger partial charge in [0.05, 0.1) is 5.92 Å². The zero-order valence-electron chi connectivity index (χ0n) is 13.4. The summed E-state index contributed by atoms with van der Waals surface area (Å²) in [6.45, 7) is 4.18. The van der Waals surface area contributed by atoms with Crippen LogP contribution in [0.25, 0.3) is 0 Å². The minimum absolute atomic E-state index is 0.0192. The summed E-state index contributed by atoms with van der Waals surface area (Å²) in [6, 6.07) is 14.6. The molecule has 0 fully saturated rings. The fourth-order valence-electron chi connectivity index (χ4n) is 3.44. The maximum absolute atomic E-state index is 12.8. The average molecular weight is 293 g/mol. The molecule has 1 amide bonds. The zero-order valence-corrected chi connectivity index (χ0v) is 13.4. The molecule has 2 heteroatoms. The molecule has 0 radical (unpaired) electrons. The number of carbonyl (C=O) groups is 1. The number of para-hydroxylation sites is 1. The molecule has 22 heavy (non-hydrogen) atoms. The van der Waals surface area contributed by atoms with Gasteiger partial charge in [0, 0.05) is 5.69 Å². The van der Waals surface area contributed by atoms with Crippen molar-refractivity contribution >= 4 is 11.6 Å². The Morgan fingerprint density at radius 1 is 1.18 bits per heavy atom. The summed E-state index contributed by atoms with van der Waals surface area (Å²) in [6.07, 6.45) is 4.04. The summed E-state index contributed by atoms with van der Waals surface area (Å²) in [5.41, 5.74) is 5.87. The fraction of sp³-hybridized carbons (Fsp3) is 0.350. The lowest BCUT2D eigenvalue weighted by Crippen LogP contribution is -2.25. The molecule has 0 aromatic heterocycles. The Hall–Kier alpha value is -2.09. The van der Waals surface area contributed by atoms with Gasteiger partial charge in [0.15, 0.2) is 0 Å². The average Bonchev–Trinajstić information content (AvgIpc) is 2.56. The van der Waals surface area contributed by atoms with Gasteiger partial charge in [-0.05, 0) is 54.9 Å². The van der Waals surface area contributed by atoms with Gasteiger partial charge in [-0.2, -0.15) is 0 Å². The van der Waals surface area contributed by atoms with E-state index in [0.717, 1.165) is 36.9 Å². The molecule has 0 heterocycles. The Bertz CT molecular complexity index is 690. The first-order chi connectivity index (χ1) is 10.7. The quantitative estimate of drug-likeness (QED) is 0.879. The molecule has 1 atom stereocenters. The molecule has 0 aliphatic heterocycles. The van der Waals surface area contributed by atoms with Crippen LogP contribution < -0.4 is 5.32 Å². The summed E-state index contributed by atoms with van der Waals surface area (Å²) >= 11 is 0. The first kappa shape index (κ1) is 14.8. The maximum atomic E-state index is 12.8. The number of aryl methyl sites for hydroxylation is 3. The Morgan fingerprint density at radius 2 is 2.00 bits per heavy atom. The van der Waals surface area contributed by atoms with Crippen LogP contribution in [0, 0.1) is 6.92 Å². The molecule has 1 N–H and O–H groups in total. The van der Waals surface area contributed by atoms with Crippen LogP contribution in [0.1, 0.15) is 47.9 Å². The van der Waals surface area contributed by atoms with E-state index >= 15 is 0 Å². The highest BCUT2D eigenvalue weighted by atomic mass is 16.1. The van der Waals surface area contributed by atoms with E-state index in [0.29, 0.717) is 0 Å². The molecule has 0 unspecified atom stereocenters. The van der Waals surface area contributed by atoms with E-state index in [1.54, 1.807) is 0 Å². The van der Waals surface area contributed by atoms with Crippen molar-refractivity contribution in [1.82, 2.24) is 0 Å². The summed E-state index contributed by atoms with van der Waals surface area (Å²) < 4.78 is 0. The number of fused-ring (bicyclic) bond motifs is 1. The normalized spacial score (nSPS) is 16.9. The van der Waals surface area contributed by atoms with Crippen molar-refractivity contribution in [3.05, 3.63) is 64.7 Å². The van der Waals surface area contributed by atoms with Crippen LogP contribution in [0.5, 0.6) is 0 Å². The van der Waals surface area contributed by atoms with E-state index in [2.05, 4.69) is 55.6 Å². The number of benzene rings is 2. The number of carbonyl (C=O) groups excluding carboxylic acids is 1. The highest BCUT2D eigenvalue weighted by molar-refractivity contribution is 5.97. The van der Waals surface area contributed by atoms with E-state index in [9.17, 15) is 4.79 Å². The van der Waals surface area contributed by atoms with Crippen LogP contribution in [0.3, 0.4) is 0 Å². The molecule has 0 spiro atoms. The Morgan fingerprint density at radius 3 is 2.82 bits per heavy atom. The van der Waals surface area contributed by atoms with E-state index < -0.39 is 0 Å². The third kappa shape index (κ3) is 2.78. The minimum atomic E-state index is -0.0192. The van der Waals surface area contributed by atoms with Gasteiger partial charge in [-0.25, -0.2) is 0 Å². The molecule has 114 valence electrons. The second-order valence-corrected chi connectivity index (χ2v) is 6.10. The van der Waals surface area contributed by atoms with Gasteiger partial charge in [-0.15, -0.1) is 0 Å². The number of nitrogens with one attached hydrogen (secondary N) is 1. The third-order valence-corrected chi connectivity index (χ3v) is 4.67. The van der Waals surface area contributed by atoms with Gasteiger partial charge in [0.25, 0.3) is 0 Å². The van der Waals surface area contributed by atoms with Crippen LogP contribution in [0.15, 0.2) is 42.5 Å². The zero-order chi connectivity index (χ0) is 15.5. The fourth-order valence-corrected chi connectivity index (χ4v) is 3.44. The second-order valence-electron chi connectivity index (χ2n) is 6.10. The molecule has 1 aliphatic carbocycles. The molecule has 3 rings (SSSR count). The van der Waals surface area contributed by atoms with Crippen molar-refractivity contribution in [2.75, 3.05) is 5.32 Å². The Kier molecular flexibility index (Phi) is 4.28. The summed E-state index contributed by atoms with van der Waals surface area (Å²) in [7, 11) is 0. The van der Waals surface area contributed by atoms with E-state index in [1.165, 1.54) is 16.7 Å². The predicted molar refractivity (Wildman–Crippen MR) is 91.3 cm³/mol. The molecule has 2 nitrogen and oxygen atoms in total. The molecule has 2 aromatic rings. The molecule has 0 saturated heterocycles. The second kappa shape index (κ2) is 6.35. The van der Waals surface area contributed by atoms with Crippen LogP contribution in [-0.2, 0) is 17.6 Å². The van der Waals surface area contributed by atoms with Crippen LogP contribution >= 0.6 is 0 Å². The van der Waals surface area contributed by atoms with Crippen molar-refractivity contribution in [3.8, 4) is 0 Å². The first-order valence-electron chi connectivity index (χ1n) is 8.18. The van der Waals surface area contributed by atoms with Crippen molar-refractivity contribution in [2.24, 2.45) is 0 Å². The third-order valence-electron chi connectivity index (χ3n) is 4.67. The maximum Gasteiger partial charge on any atom is 0.231 e. The highest BCUT2D eigenvalue weighted by Gasteiger charge is 2.26. The smallest absolute Gasteiger partial charge is 0.231 e. The lowest BCUT2D eigenvalue weighted by Gasteiger charge is -2.25. The summed E-state index contributed by atoms with van der Waals surface area (Å²) in [5.74, 6) is 0.116. The van der Waals surface area contributed by atoms with Gasteiger partial charge in [-0.3, -0.25) is 4.79 Å². The largest absolute Gasteiger partial charge is 0.325 e. The van der Waals surface area contributed by atoms with Gasteiger partial charge < -0.3 is 5.32 Å². The van der Waals surface area contributed by atoms with Crippen LogP contribution in [-0.4, -0.2) is 5.91 Å². The number of rotatable bonds is 3. The van der Waals surface area contributed by atoms with Gasteiger partial charge in [0.1, 0.15) is 0 Å². The minimum Gasteiger partial charge on any atom is -0.325 e. The van der Waals surface area contributed by atoms with E-state index in [1.807, 2.05) is 6.07 Å². The number of amides is 1. The highest BCUT2D eigenvalue weighted by Crippen LogP contribution is 2.33. The van der Waals surface area contributed by atoms with Crippen molar-refractivity contribution in [3.63, 3.8) is 0 Å². The monoisotopic (exact) mass is 293 g/mol. The van der Waals surface area contributed by atoms with Gasteiger partial charge in [-0.1, -0.05) is 49.4 Å². The number of hydrogen-bond acceptors (Lipinski definition) is 1. The summed E-state index contributed by atoms with van der Waals surface area (Å²) in [4.78, 5) is 12.8. The lowest BCUT2D eigenvalue weighted by molar-refractivity contribution is -0.117. The van der Waals surface area contributed by atoms with Crippen molar-refractivity contribution in [1.29, 1.82) is 0 Å². The molecular formula is C20H23NO. The van der Waals surface area contributed by atoms with Crippen molar-refractivity contribution in [2.45, 2.75) is 45.4 Å². The molecule has 0 bridgehead atoms. The standard InChI is InChI=1S/C20H23NO/c1-3-15-10-6-8-14(2)19(15)21-20(22)18-13-7-11-16-9-4-5-12-17(16)18/h4-6,8-10,12,18H,3,7,11,13H2,1-2H3,(H,21,22)/t18-/m0/s1. The SMILES string of the molecule is CCc1cccc(C)c1NC(=O)[C@H]1CCCc2ccccc21. The van der Waals surface area contributed by atoms with Crippen molar-refractivity contribution < 1.29 is 4.79 Å². The molecule has 0 saturated carbocycles. The number of anilines is 1. The van der Waals surface area contributed by atoms with Crippen LogP contribution in [0.4, 0.5) is 5.69 Å². The van der Waals surface area contributed by atoms with Gasteiger partial charge in [0.2, 0.25) is 5.91 Å². The van der Waals surface area contributed by atoms with E-state index in [-0.39, 0.29) is 11.8 Å². The Balaban J connectivity index is 1.88. The van der Waals surface area contributed by atoms with E-state index in [4.69, 9.17) is 0 Å². The number of hydrogen-bond donors (Lipinski definition) is 1. The topological polar surface area (TPSA) is 29.1 Å². The first-order valence-corrected chi connectivity index (χ1v) is 8.18. The van der Waals surface area contributed by atoms with Crippen LogP contribution in [0.2, 0.25) is 0 Å². The lowest BCUT2D eigenvalue weighted by atomic mass is 9.82. The molecule has 1 aliphatic rings. The summed E-state index contributed by atoms with van der Waals surface area (Å²) in [5, 5.41) is 3.20.